The van der Waals surface area contributed by atoms with Crippen LogP contribution in [-0.2, 0) is 9.59 Å². The Bertz CT molecular complexity index is 395. The summed E-state index contributed by atoms with van der Waals surface area (Å²) < 4.78 is 0. The average molecular weight is 285 g/mol. The number of likely N-dealkylation sites (tertiary alicyclic amines) is 1. The molecule has 20 heavy (non-hydrogen) atoms. The first kappa shape index (κ1) is 16.3. The van der Waals surface area contributed by atoms with E-state index in [1.54, 1.807) is 20.8 Å². The predicted molar refractivity (Wildman–Crippen MR) is 72.9 cm³/mol. The van der Waals surface area contributed by atoms with Crippen molar-refractivity contribution >= 4 is 17.9 Å². The summed E-state index contributed by atoms with van der Waals surface area (Å²) in [5.41, 5.74) is 4.65. The number of carboxylic acid groups (broad SMARTS) is 1. The van der Waals surface area contributed by atoms with Gasteiger partial charge >= 0.3 is 12.0 Å². The molecular formula is C13H23N3O4. The Morgan fingerprint density at radius 1 is 1.25 bits per heavy atom. The lowest BCUT2D eigenvalue weighted by atomic mass is 9.87. The molecule has 1 aliphatic rings. The van der Waals surface area contributed by atoms with E-state index in [0.717, 1.165) is 0 Å². The maximum atomic E-state index is 12.1. The molecule has 0 aromatic carbocycles. The van der Waals surface area contributed by atoms with E-state index in [2.05, 4.69) is 5.32 Å². The first-order valence-corrected chi connectivity index (χ1v) is 6.70. The summed E-state index contributed by atoms with van der Waals surface area (Å²) in [6, 6.07) is -1.36. The second-order valence-electron chi connectivity index (χ2n) is 6.25. The normalized spacial score (nSPS) is 18.4. The molecule has 4 N–H and O–H groups in total. The van der Waals surface area contributed by atoms with Crippen LogP contribution < -0.4 is 11.1 Å². The highest BCUT2D eigenvalue weighted by molar-refractivity contribution is 5.83. The second-order valence-corrected chi connectivity index (χ2v) is 6.25. The first-order chi connectivity index (χ1) is 9.12. The number of nitrogens with two attached hydrogens (primary N) is 1. The zero-order valence-electron chi connectivity index (χ0n) is 12.2. The molecule has 114 valence electrons. The summed E-state index contributed by atoms with van der Waals surface area (Å²) in [6.07, 6.45) is 1.05. The minimum absolute atomic E-state index is 0.197. The lowest BCUT2D eigenvalue weighted by Gasteiger charge is -2.34. The van der Waals surface area contributed by atoms with Crippen molar-refractivity contribution in [1.82, 2.24) is 10.2 Å². The Morgan fingerprint density at radius 2 is 1.75 bits per heavy atom. The predicted octanol–water partition coefficient (Wildman–Crippen LogP) is 0.393. The van der Waals surface area contributed by atoms with Crippen LogP contribution in [0.2, 0.25) is 0 Å². The number of rotatable bonds is 3. The van der Waals surface area contributed by atoms with Gasteiger partial charge in [0, 0.05) is 19.0 Å². The number of amides is 3. The van der Waals surface area contributed by atoms with Gasteiger partial charge in [-0.3, -0.25) is 4.79 Å². The molecule has 0 radical (unpaired) electrons. The number of nitrogens with zero attached hydrogens (tertiary/aromatic N) is 1. The van der Waals surface area contributed by atoms with Gasteiger partial charge in [-0.15, -0.1) is 0 Å². The summed E-state index contributed by atoms with van der Waals surface area (Å²) >= 11 is 0. The number of carboxylic acids is 1. The highest BCUT2D eigenvalue weighted by Crippen LogP contribution is 2.21. The molecule has 3 amide bonds. The van der Waals surface area contributed by atoms with Gasteiger partial charge in [-0.25, -0.2) is 9.59 Å². The maximum Gasteiger partial charge on any atom is 0.326 e. The lowest BCUT2D eigenvalue weighted by Crippen LogP contribution is -2.55. The summed E-state index contributed by atoms with van der Waals surface area (Å²) in [4.78, 5) is 35.9. The number of carbonyl (C=O) groups is 3. The number of hydrogen-bond donors (Lipinski definition) is 3. The van der Waals surface area contributed by atoms with Crippen molar-refractivity contribution < 1.29 is 19.5 Å². The van der Waals surface area contributed by atoms with Crippen molar-refractivity contribution in [2.45, 2.75) is 39.7 Å². The molecule has 0 aromatic heterocycles. The number of hydrogen-bond acceptors (Lipinski definition) is 3. The molecule has 0 aliphatic carbocycles. The minimum Gasteiger partial charge on any atom is -0.480 e. The number of nitrogens with one attached hydrogen (secondary N) is 1. The van der Waals surface area contributed by atoms with Gasteiger partial charge in [0.05, 0.1) is 0 Å². The molecule has 0 unspecified atom stereocenters. The molecule has 0 aromatic rings. The fourth-order valence-corrected chi connectivity index (χ4v) is 2.23. The van der Waals surface area contributed by atoms with Gasteiger partial charge in [0.15, 0.2) is 0 Å². The Morgan fingerprint density at radius 3 is 2.10 bits per heavy atom. The second kappa shape index (κ2) is 6.11. The van der Waals surface area contributed by atoms with E-state index in [9.17, 15) is 19.5 Å². The highest BCUT2D eigenvalue weighted by atomic mass is 16.4. The quantitative estimate of drug-likeness (QED) is 0.696. The van der Waals surface area contributed by atoms with Crippen molar-refractivity contribution in [1.29, 1.82) is 0 Å². The molecule has 1 atom stereocenters. The smallest absolute Gasteiger partial charge is 0.326 e. The van der Waals surface area contributed by atoms with Crippen LogP contribution in [0.4, 0.5) is 4.79 Å². The van der Waals surface area contributed by atoms with Gasteiger partial charge in [0.1, 0.15) is 6.04 Å². The Labute approximate surface area is 118 Å². The van der Waals surface area contributed by atoms with Gasteiger partial charge in [-0.05, 0) is 18.3 Å². The molecular weight excluding hydrogens is 262 g/mol. The van der Waals surface area contributed by atoms with E-state index in [4.69, 9.17) is 5.73 Å². The third kappa shape index (κ3) is 4.11. The Balaban J connectivity index is 2.59. The summed E-state index contributed by atoms with van der Waals surface area (Å²) in [7, 11) is 0. The van der Waals surface area contributed by atoms with Crippen molar-refractivity contribution in [2.75, 3.05) is 13.1 Å². The topological polar surface area (TPSA) is 113 Å². The zero-order chi connectivity index (χ0) is 15.5. The van der Waals surface area contributed by atoms with Crippen molar-refractivity contribution in [3.05, 3.63) is 0 Å². The number of piperidine rings is 1. The fraction of sp³-hybridized carbons (Fsp3) is 0.769. The van der Waals surface area contributed by atoms with Crippen LogP contribution in [0.1, 0.15) is 33.6 Å². The minimum atomic E-state index is -1.06. The van der Waals surface area contributed by atoms with E-state index < -0.39 is 23.5 Å². The van der Waals surface area contributed by atoms with Crippen LogP contribution in [0.15, 0.2) is 0 Å². The standard InChI is InChI=1S/C13H23N3O4/c1-13(2,3)9(11(18)19)15-12(20)16-6-4-8(5-7-16)10(14)17/h8-9H,4-7H2,1-3H3,(H2,14,17)(H,15,20)(H,18,19)/t9-/m0/s1. The van der Waals surface area contributed by atoms with Crippen molar-refractivity contribution in [2.24, 2.45) is 17.1 Å². The van der Waals surface area contributed by atoms with Gasteiger partial charge in [0.2, 0.25) is 5.91 Å². The molecule has 1 rings (SSSR count). The van der Waals surface area contributed by atoms with Crippen LogP contribution in [0.25, 0.3) is 0 Å². The van der Waals surface area contributed by atoms with E-state index >= 15 is 0 Å². The number of carbonyl (C=O) groups excluding carboxylic acids is 2. The fourth-order valence-electron chi connectivity index (χ4n) is 2.23. The molecule has 0 saturated carbocycles. The van der Waals surface area contributed by atoms with Crippen LogP contribution in [0.3, 0.4) is 0 Å². The molecule has 0 spiro atoms. The molecule has 7 nitrogen and oxygen atoms in total. The molecule has 1 saturated heterocycles. The lowest BCUT2D eigenvalue weighted by molar-refractivity contribution is -0.142. The average Bonchev–Trinajstić information content (AvgIpc) is 2.33. The molecule has 1 aliphatic heterocycles. The SMILES string of the molecule is CC(C)(C)[C@@H](NC(=O)N1CCC(C(N)=O)CC1)C(=O)O. The van der Waals surface area contributed by atoms with Crippen LogP contribution >= 0.6 is 0 Å². The van der Waals surface area contributed by atoms with Crippen LogP contribution in [0, 0.1) is 11.3 Å². The first-order valence-electron chi connectivity index (χ1n) is 6.70. The zero-order valence-corrected chi connectivity index (χ0v) is 12.2. The third-order valence-corrected chi connectivity index (χ3v) is 3.57. The molecule has 0 bridgehead atoms. The van der Waals surface area contributed by atoms with E-state index in [1.165, 1.54) is 4.90 Å². The number of primary amides is 1. The van der Waals surface area contributed by atoms with E-state index in [1.807, 2.05) is 0 Å². The van der Waals surface area contributed by atoms with Crippen molar-refractivity contribution in [3.8, 4) is 0 Å². The third-order valence-electron chi connectivity index (χ3n) is 3.57. The number of urea groups is 1. The van der Waals surface area contributed by atoms with Crippen LogP contribution in [-0.4, -0.2) is 47.0 Å². The molecule has 1 fully saturated rings. The Kier molecular flexibility index (Phi) is 4.97. The summed E-state index contributed by atoms with van der Waals surface area (Å²) in [5.74, 6) is -1.60. The largest absolute Gasteiger partial charge is 0.480 e. The summed E-state index contributed by atoms with van der Waals surface area (Å²) in [6.45, 7) is 6.09. The van der Waals surface area contributed by atoms with Crippen LogP contribution in [0.5, 0.6) is 0 Å². The molecule has 7 heteroatoms. The van der Waals surface area contributed by atoms with E-state index in [0.29, 0.717) is 25.9 Å². The maximum absolute atomic E-state index is 12.1. The monoisotopic (exact) mass is 285 g/mol. The number of aliphatic carboxylic acids is 1. The van der Waals surface area contributed by atoms with E-state index in [-0.39, 0.29) is 11.8 Å². The Hall–Kier alpha value is -1.79. The van der Waals surface area contributed by atoms with Gasteiger partial charge < -0.3 is 21.1 Å². The van der Waals surface area contributed by atoms with Gasteiger partial charge in [-0.2, -0.15) is 0 Å². The van der Waals surface area contributed by atoms with Crippen molar-refractivity contribution in [3.63, 3.8) is 0 Å². The summed E-state index contributed by atoms with van der Waals surface area (Å²) in [5, 5.41) is 11.7. The highest BCUT2D eigenvalue weighted by Gasteiger charge is 2.34. The van der Waals surface area contributed by atoms with Gasteiger partial charge in [-0.1, -0.05) is 20.8 Å². The van der Waals surface area contributed by atoms with Gasteiger partial charge in [0.25, 0.3) is 0 Å². The molecule has 1 heterocycles.